The third kappa shape index (κ3) is 6.02. The van der Waals surface area contributed by atoms with E-state index in [-0.39, 0.29) is 11.4 Å². The van der Waals surface area contributed by atoms with Gasteiger partial charge in [-0.2, -0.15) is 13.2 Å². The summed E-state index contributed by atoms with van der Waals surface area (Å²) in [6.07, 6.45) is -4.60. The third-order valence-electron chi connectivity index (χ3n) is 9.48. The van der Waals surface area contributed by atoms with Crippen LogP contribution in [0, 0.1) is 0 Å². The van der Waals surface area contributed by atoms with Crippen LogP contribution >= 0.6 is 0 Å². The van der Waals surface area contributed by atoms with Gasteiger partial charge in [0.1, 0.15) is 0 Å². The summed E-state index contributed by atoms with van der Waals surface area (Å²) in [5.74, 6) is 0.857. The van der Waals surface area contributed by atoms with E-state index in [1.807, 2.05) is 114 Å². The summed E-state index contributed by atoms with van der Waals surface area (Å²) in [6, 6.07) is 55.4. The van der Waals surface area contributed by atoms with Gasteiger partial charge in [0.25, 0.3) is 0 Å². The molecule has 0 aliphatic heterocycles. The van der Waals surface area contributed by atoms with Gasteiger partial charge in [0.05, 0.1) is 22.3 Å². The highest BCUT2D eigenvalue weighted by molar-refractivity contribution is 6.12. The Hall–Kier alpha value is -6.86. The Kier molecular flexibility index (Phi) is 7.89. The van der Waals surface area contributed by atoms with E-state index in [9.17, 15) is 13.2 Å². The molecule has 4 nitrogen and oxygen atoms in total. The molecule has 7 aromatic carbocycles. The molecule has 0 bridgehead atoms. The molecule has 9 rings (SSSR count). The molecule has 0 radical (unpaired) electrons. The molecule has 254 valence electrons. The molecule has 7 heteroatoms. The maximum atomic E-state index is 14.5. The lowest BCUT2D eigenvalue weighted by Crippen LogP contribution is -2.08. The number of halogens is 3. The molecule has 0 fully saturated rings. The minimum Gasteiger partial charge on any atom is -0.309 e. The van der Waals surface area contributed by atoms with Crippen molar-refractivity contribution in [3.8, 4) is 62.1 Å². The predicted molar refractivity (Wildman–Crippen MR) is 206 cm³/mol. The number of benzene rings is 7. The molecule has 0 aliphatic rings. The van der Waals surface area contributed by atoms with Crippen molar-refractivity contribution in [3.05, 3.63) is 181 Å². The molecule has 0 aliphatic carbocycles. The topological polar surface area (TPSA) is 43.6 Å². The lowest BCUT2D eigenvalue weighted by Gasteiger charge is -2.17. The lowest BCUT2D eigenvalue weighted by atomic mass is 10.0. The molecular formula is C46H29F3N4. The van der Waals surface area contributed by atoms with Crippen LogP contribution in [-0.2, 0) is 6.18 Å². The highest BCUT2D eigenvalue weighted by atomic mass is 19.4. The number of aromatic nitrogens is 4. The molecule has 0 saturated heterocycles. The van der Waals surface area contributed by atoms with Gasteiger partial charge in [-0.1, -0.05) is 133 Å². The Morgan fingerprint density at radius 1 is 0.377 bits per heavy atom. The lowest BCUT2D eigenvalue weighted by molar-refractivity contribution is -0.137. The van der Waals surface area contributed by atoms with Crippen LogP contribution in [0.2, 0.25) is 0 Å². The minimum atomic E-state index is -4.60. The van der Waals surface area contributed by atoms with Gasteiger partial charge in [0, 0.05) is 27.5 Å². The van der Waals surface area contributed by atoms with Crippen LogP contribution in [0.4, 0.5) is 13.2 Å². The molecule has 53 heavy (non-hydrogen) atoms. The first kappa shape index (κ1) is 32.1. The quantitative estimate of drug-likeness (QED) is 0.174. The highest BCUT2D eigenvalue weighted by Gasteiger charge is 2.32. The molecule has 9 aromatic rings. The summed E-state index contributed by atoms with van der Waals surface area (Å²) in [4.78, 5) is 14.5. The summed E-state index contributed by atoms with van der Waals surface area (Å²) in [5, 5.41) is 1.94. The Bertz CT molecular complexity index is 2590. The number of hydrogen-bond acceptors (Lipinski definition) is 3. The SMILES string of the molecule is FC(F)(F)c1ccc(-n2c3ccc(-c4ccccc4)cc3c3cc(-c4ccccc4)ccc32)c(-c2nc(-c3ccccc3)nc(-c3ccccc3)n2)c1. The molecule has 0 unspecified atom stereocenters. The standard InChI is InChI=1S/C46H29F3N4/c47-46(48,49)36-23-26-42(39(29-36)45-51-43(32-17-9-3-10-18-32)50-44(52-45)33-19-11-4-12-20-33)53-40-24-21-34(30-13-5-1-6-14-30)27-37(40)38-28-35(22-25-41(38)53)31-15-7-2-8-16-31/h1-29H. The average Bonchev–Trinajstić information content (AvgIpc) is 3.54. The van der Waals surface area contributed by atoms with Crippen LogP contribution in [0.25, 0.3) is 83.9 Å². The van der Waals surface area contributed by atoms with Gasteiger partial charge < -0.3 is 4.57 Å². The van der Waals surface area contributed by atoms with Gasteiger partial charge in [0.2, 0.25) is 0 Å². The van der Waals surface area contributed by atoms with Gasteiger partial charge in [-0.05, 0) is 64.7 Å². The predicted octanol–water partition coefficient (Wildman–Crippen LogP) is 12.3. The molecular weight excluding hydrogens is 666 g/mol. The third-order valence-corrected chi connectivity index (χ3v) is 9.48. The zero-order chi connectivity index (χ0) is 35.9. The van der Waals surface area contributed by atoms with E-state index >= 15 is 0 Å². The van der Waals surface area contributed by atoms with Gasteiger partial charge >= 0.3 is 6.18 Å². The van der Waals surface area contributed by atoms with Gasteiger partial charge in [-0.25, -0.2) is 15.0 Å². The second-order valence-corrected chi connectivity index (χ2v) is 12.8. The van der Waals surface area contributed by atoms with Crippen molar-refractivity contribution in [1.82, 2.24) is 19.5 Å². The fraction of sp³-hybridized carbons (Fsp3) is 0.0217. The first-order valence-corrected chi connectivity index (χ1v) is 17.2. The van der Waals surface area contributed by atoms with E-state index in [1.54, 1.807) is 0 Å². The summed E-state index contributed by atoms with van der Waals surface area (Å²) < 4.78 is 45.5. The van der Waals surface area contributed by atoms with Crippen molar-refractivity contribution in [2.75, 3.05) is 0 Å². The van der Waals surface area contributed by atoms with Crippen molar-refractivity contribution in [2.45, 2.75) is 6.18 Å². The highest BCUT2D eigenvalue weighted by Crippen LogP contribution is 2.41. The van der Waals surface area contributed by atoms with E-state index < -0.39 is 11.7 Å². The van der Waals surface area contributed by atoms with Gasteiger partial charge in [0.15, 0.2) is 17.5 Å². The summed E-state index contributed by atoms with van der Waals surface area (Å²) in [6.45, 7) is 0. The van der Waals surface area contributed by atoms with Gasteiger partial charge in [-0.3, -0.25) is 0 Å². The molecule has 2 aromatic heterocycles. The summed E-state index contributed by atoms with van der Waals surface area (Å²) in [5.41, 5.74) is 7.28. The summed E-state index contributed by atoms with van der Waals surface area (Å²) >= 11 is 0. The van der Waals surface area contributed by atoms with Crippen LogP contribution < -0.4 is 0 Å². The first-order chi connectivity index (χ1) is 25.9. The van der Waals surface area contributed by atoms with Crippen molar-refractivity contribution < 1.29 is 13.2 Å². The average molecular weight is 695 g/mol. The Morgan fingerprint density at radius 3 is 1.23 bits per heavy atom. The number of hydrogen-bond donors (Lipinski definition) is 0. The monoisotopic (exact) mass is 694 g/mol. The largest absolute Gasteiger partial charge is 0.416 e. The van der Waals surface area contributed by atoms with E-state index in [4.69, 9.17) is 15.0 Å². The Balaban J connectivity index is 1.35. The van der Waals surface area contributed by atoms with Crippen molar-refractivity contribution in [3.63, 3.8) is 0 Å². The fourth-order valence-corrected chi connectivity index (χ4v) is 6.92. The Labute approximate surface area is 303 Å². The zero-order valence-corrected chi connectivity index (χ0v) is 28.2. The number of alkyl halides is 3. The minimum absolute atomic E-state index is 0.135. The molecule has 0 spiro atoms. The smallest absolute Gasteiger partial charge is 0.309 e. The Morgan fingerprint density at radius 2 is 0.792 bits per heavy atom. The zero-order valence-electron chi connectivity index (χ0n) is 28.2. The molecule has 2 heterocycles. The maximum Gasteiger partial charge on any atom is 0.416 e. The number of fused-ring (bicyclic) bond motifs is 3. The molecule has 0 N–H and O–H groups in total. The molecule has 0 amide bonds. The molecule has 0 saturated carbocycles. The second-order valence-electron chi connectivity index (χ2n) is 12.8. The van der Waals surface area contributed by atoms with Crippen LogP contribution in [-0.4, -0.2) is 19.5 Å². The molecule has 0 atom stereocenters. The summed E-state index contributed by atoms with van der Waals surface area (Å²) in [7, 11) is 0. The van der Waals surface area contributed by atoms with E-state index in [0.29, 0.717) is 17.3 Å². The van der Waals surface area contributed by atoms with Crippen LogP contribution in [0.3, 0.4) is 0 Å². The number of rotatable bonds is 6. The second kappa shape index (κ2) is 13.0. The van der Waals surface area contributed by atoms with E-state index in [2.05, 4.69) is 48.5 Å². The van der Waals surface area contributed by atoms with E-state index in [0.717, 1.165) is 67.3 Å². The van der Waals surface area contributed by atoms with Crippen molar-refractivity contribution in [1.29, 1.82) is 0 Å². The normalized spacial score (nSPS) is 11.7. The maximum absolute atomic E-state index is 14.5. The van der Waals surface area contributed by atoms with Crippen molar-refractivity contribution >= 4 is 21.8 Å². The first-order valence-electron chi connectivity index (χ1n) is 17.2. The van der Waals surface area contributed by atoms with Crippen molar-refractivity contribution in [2.24, 2.45) is 0 Å². The van der Waals surface area contributed by atoms with Crippen LogP contribution in [0.15, 0.2) is 176 Å². The van der Waals surface area contributed by atoms with E-state index in [1.165, 1.54) is 6.07 Å². The number of nitrogens with zero attached hydrogens (tertiary/aromatic N) is 4. The van der Waals surface area contributed by atoms with Crippen LogP contribution in [0.1, 0.15) is 5.56 Å². The fourth-order valence-electron chi connectivity index (χ4n) is 6.92. The van der Waals surface area contributed by atoms with Crippen LogP contribution in [0.5, 0.6) is 0 Å². The van der Waals surface area contributed by atoms with Gasteiger partial charge in [-0.15, -0.1) is 0 Å².